The number of amides is 1. The van der Waals surface area contributed by atoms with E-state index in [1.54, 1.807) is 0 Å². The average Bonchev–Trinajstić information content (AvgIpc) is 2.48. The van der Waals surface area contributed by atoms with Crippen LogP contribution < -0.4 is 14.8 Å². The number of benzene rings is 1. The lowest BCUT2D eigenvalue weighted by Gasteiger charge is -2.12. The molecule has 1 aromatic carbocycles. The molecule has 0 aliphatic rings. The molecule has 0 unspecified atom stereocenters. The first-order chi connectivity index (χ1) is 11.9. The number of unbranched alkanes of at least 4 members (excludes halogenated alkanes) is 1. The number of nitrogens with one attached hydrogen (secondary N) is 2. The first kappa shape index (κ1) is 22.2. The summed E-state index contributed by atoms with van der Waals surface area (Å²) in [4.78, 5) is 11.8. The van der Waals surface area contributed by atoms with E-state index in [2.05, 4.69) is 14.8 Å². The van der Waals surface area contributed by atoms with Gasteiger partial charge in [-0.2, -0.15) is 0 Å². The second-order valence-corrected chi connectivity index (χ2v) is 8.01. The molecule has 0 spiro atoms. The lowest BCUT2D eigenvalue weighted by molar-refractivity contribution is -0.275. The predicted molar refractivity (Wildman–Crippen MR) is 87.6 cm³/mol. The summed E-state index contributed by atoms with van der Waals surface area (Å²) in [7, 11) is -3.36. The van der Waals surface area contributed by atoms with Gasteiger partial charge in [0, 0.05) is 24.7 Å². The molecule has 0 radical (unpaired) electrons. The zero-order chi connectivity index (χ0) is 20.0. The highest BCUT2D eigenvalue weighted by Crippen LogP contribution is 2.28. The second-order valence-electron chi connectivity index (χ2n) is 5.69. The highest BCUT2D eigenvalue weighted by atomic mass is 32.2. The van der Waals surface area contributed by atoms with Crippen molar-refractivity contribution >= 4 is 21.6 Å². The maximum Gasteiger partial charge on any atom is 0.573 e. The van der Waals surface area contributed by atoms with Crippen LogP contribution in [0.1, 0.15) is 33.1 Å². The summed E-state index contributed by atoms with van der Waals surface area (Å²) in [6, 6.07) is 2.59. The Bertz CT molecular complexity index is 721. The van der Waals surface area contributed by atoms with Crippen LogP contribution in [0.4, 0.5) is 23.2 Å². The first-order valence-corrected chi connectivity index (χ1v) is 9.29. The fourth-order valence-electron chi connectivity index (χ4n) is 1.80. The van der Waals surface area contributed by atoms with E-state index in [1.807, 2.05) is 0 Å². The summed E-state index contributed by atoms with van der Waals surface area (Å²) in [6.07, 6.45) is -4.26. The van der Waals surface area contributed by atoms with Gasteiger partial charge >= 0.3 is 6.36 Å². The van der Waals surface area contributed by atoms with Gasteiger partial charge in [0.1, 0.15) is 0 Å². The van der Waals surface area contributed by atoms with Crippen molar-refractivity contribution in [2.45, 2.75) is 44.7 Å². The highest BCUT2D eigenvalue weighted by Gasteiger charge is 2.32. The van der Waals surface area contributed by atoms with Crippen LogP contribution in [-0.4, -0.2) is 32.5 Å². The monoisotopic (exact) mass is 400 g/mol. The van der Waals surface area contributed by atoms with Crippen molar-refractivity contribution in [2.75, 3.05) is 11.9 Å². The van der Waals surface area contributed by atoms with Gasteiger partial charge in [0.25, 0.3) is 0 Å². The van der Waals surface area contributed by atoms with Crippen LogP contribution in [0.5, 0.6) is 5.75 Å². The summed E-state index contributed by atoms with van der Waals surface area (Å²) in [6.45, 7) is 3.25. The molecular weight excluding hydrogens is 380 g/mol. The predicted octanol–water partition coefficient (Wildman–Crippen LogP) is 3.16. The zero-order valence-electron chi connectivity index (χ0n) is 14.2. The van der Waals surface area contributed by atoms with Gasteiger partial charge in [-0.05, 0) is 38.8 Å². The van der Waals surface area contributed by atoms with E-state index in [4.69, 9.17) is 0 Å². The van der Waals surface area contributed by atoms with E-state index in [0.717, 1.165) is 18.2 Å². The van der Waals surface area contributed by atoms with Crippen molar-refractivity contribution in [2.24, 2.45) is 0 Å². The van der Waals surface area contributed by atoms with Crippen LogP contribution in [0.25, 0.3) is 0 Å². The SMILES string of the molecule is CC(C)S(=O)(=O)NCCCCC(=O)Nc1ccc(F)c(OC(F)(F)F)c1. The minimum Gasteiger partial charge on any atom is -0.403 e. The van der Waals surface area contributed by atoms with Crippen molar-refractivity contribution in [1.82, 2.24) is 4.72 Å². The maximum atomic E-state index is 13.3. The number of halogens is 4. The molecule has 1 aromatic rings. The Kier molecular flexibility index (Phi) is 7.82. The molecule has 0 aromatic heterocycles. The number of ether oxygens (including phenoxy) is 1. The number of sulfonamides is 1. The third-order valence-electron chi connectivity index (χ3n) is 3.20. The number of anilines is 1. The molecule has 148 valence electrons. The molecule has 0 heterocycles. The topological polar surface area (TPSA) is 84.5 Å². The van der Waals surface area contributed by atoms with E-state index in [-0.39, 0.29) is 18.7 Å². The quantitative estimate of drug-likeness (QED) is 0.493. The van der Waals surface area contributed by atoms with Gasteiger partial charge in [0.15, 0.2) is 11.6 Å². The standard InChI is InChI=1S/C15H20F4N2O4S/c1-10(2)26(23,24)20-8-4-3-5-14(22)21-11-6-7-12(16)13(9-11)25-15(17,18)19/h6-7,9-10,20H,3-5,8H2,1-2H3,(H,21,22). The molecule has 0 aliphatic heterocycles. The van der Waals surface area contributed by atoms with E-state index in [0.29, 0.717) is 12.8 Å². The number of hydrogen-bond donors (Lipinski definition) is 2. The Balaban J connectivity index is 2.45. The Morgan fingerprint density at radius 1 is 1.23 bits per heavy atom. The van der Waals surface area contributed by atoms with E-state index < -0.39 is 39.1 Å². The highest BCUT2D eigenvalue weighted by molar-refractivity contribution is 7.90. The summed E-state index contributed by atoms with van der Waals surface area (Å²) < 4.78 is 78.7. The van der Waals surface area contributed by atoms with Crippen LogP contribution in [-0.2, 0) is 14.8 Å². The van der Waals surface area contributed by atoms with Crippen LogP contribution in [0.2, 0.25) is 0 Å². The molecule has 2 N–H and O–H groups in total. The summed E-state index contributed by atoms with van der Waals surface area (Å²) in [5, 5.41) is 1.77. The van der Waals surface area contributed by atoms with Gasteiger partial charge in [0.2, 0.25) is 15.9 Å². The molecule has 26 heavy (non-hydrogen) atoms. The lowest BCUT2D eigenvalue weighted by atomic mass is 10.2. The van der Waals surface area contributed by atoms with Crippen molar-refractivity contribution < 1.29 is 35.5 Å². The van der Waals surface area contributed by atoms with Gasteiger partial charge < -0.3 is 10.1 Å². The van der Waals surface area contributed by atoms with Gasteiger partial charge in [-0.25, -0.2) is 17.5 Å². The zero-order valence-corrected chi connectivity index (χ0v) is 15.0. The third-order valence-corrected chi connectivity index (χ3v) is 5.04. The van der Waals surface area contributed by atoms with Crippen LogP contribution in [0.3, 0.4) is 0 Å². The van der Waals surface area contributed by atoms with Crippen molar-refractivity contribution in [1.29, 1.82) is 0 Å². The van der Waals surface area contributed by atoms with Gasteiger partial charge in [-0.1, -0.05) is 0 Å². The fourth-order valence-corrected chi connectivity index (χ4v) is 2.56. The smallest absolute Gasteiger partial charge is 0.403 e. The van der Waals surface area contributed by atoms with E-state index in [1.165, 1.54) is 13.8 Å². The molecule has 0 saturated heterocycles. The van der Waals surface area contributed by atoms with E-state index in [9.17, 15) is 30.8 Å². The molecule has 11 heteroatoms. The molecule has 1 rings (SSSR count). The van der Waals surface area contributed by atoms with Crippen LogP contribution >= 0.6 is 0 Å². The molecule has 0 aliphatic carbocycles. The Morgan fingerprint density at radius 2 is 1.88 bits per heavy atom. The van der Waals surface area contributed by atoms with Crippen LogP contribution in [0, 0.1) is 5.82 Å². The van der Waals surface area contributed by atoms with Crippen LogP contribution in [0.15, 0.2) is 18.2 Å². The molecule has 6 nitrogen and oxygen atoms in total. The van der Waals surface area contributed by atoms with Gasteiger partial charge in [-0.15, -0.1) is 13.2 Å². The minimum absolute atomic E-state index is 0.0241. The largest absolute Gasteiger partial charge is 0.573 e. The molecule has 0 bridgehead atoms. The Labute approximate surface area is 149 Å². The molecule has 1 amide bonds. The summed E-state index contributed by atoms with van der Waals surface area (Å²) >= 11 is 0. The van der Waals surface area contributed by atoms with Gasteiger partial charge in [0.05, 0.1) is 5.25 Å². The number of alkyl halides is 3. The Hall–Kier alpha value is -1.88. The summed E-state index contributed by atoms with van der Waals surface area (Å²) in [5.41, 5.74) is -0.0452. The lowest BCUT2D eigenvalue weighted by Crippen LogP contribution is -2.31. The second kappa shape index (κ2) is 9.17. The van der Waals surface area contributed by atoms with E-state index >= 15 is 0 Å². The molecule has 0 atom stereocenters. The third kappa shape index (κ3) is 8.00. The van der Waals surface area contributed by atoms with Gasteiger partial charge in [-0.3, -0.25) is 4.79 Å². The van der Waals surface area contributed by atoms with Crippen molar-refractivity contribution in [3.05, 3.63) is 24.0 Å². The Morgan fingerprint density at radius 3 is 2.46 bits per heavy atom. The first-order valence-electron chi connectivity index (χ1n) is 7.74. The number of rotatable bonds is 9. The molecular formula is C15H20F4N2O4S. The fraction of sp³-hybridized carbons (Fsp3) is 0.533. The minimum atomic E-state index is -5.05. The van der Waals surface area contributed by atoms with Crippen molar-refractivity contribution in [3.63, 3.8) is 0 Å². The number of carbonyl (C=O) groups is 1. The maximum absolute atomic E-state index is 13.3. The average molecular weight is 400 g/mol. The number of carbonyl (C=O) groups excluding carboxylic acids is 1. The number of hydrogen-bond acceptors (Lipinski definition) is 4. The normalized spacial score (nSPS) is 12.3. The molecule has 0 fully saturated rings. The molecule has 0 saturated carbocycles. The summed E-state index contributed by atoms with van der Waals surface area (Å²) in [5.74, 6) is -2.75. The van der Waals surface area contributed by atoms with Crippen molar-refractivity contribution in [3.8, 4) is 5.75 Å².